The molecule has 0 bridgehead atoms. The number of ketones is 1. The van der Waals surface area contributed by atoms with Crippen LogP contribution in [0.4, 0.5) is 0 Å². The van der Waals surface area contributed by atoms with E-state index in [-0.39, 0.29) is 5.78 Å². The van der Waals surface area contributed by atoms with E-state index in [2.05, 4.69) is 0 Å². The SMILES string of the molecule is CCCCOC(=O)C(CC)C(=O)c1ccccc1. The van der Waals surface area contributed by atoms with E-state index < -0.39 is 11.9 Å². The highest BCUT2D eigenvalue weighted by molar-refractivity contribution is 6.08. The van der Waals surface area contributed by atoms with Crippen LogP contribution in [-0.2, 0) is 9.53 Å². The minimum atomic E-state index is -0.677. The lowest BCUT2D eigenvalue weighted by Gasteiger charge is -2.13. The van der Waals surface area contributed by atoms with Crippen molar-refractivity contribution in [3.8, 4) is 0 Å². The number of Topliss-reactive ketones (excluding diaryl/α,β-unsaturated/α-hetero) is 1. The van der Waals surface area contributed by atoms with Crippen molar-refractivity contribution in [1.29, 1.82) is 0 Å². The fraction of sp³-hybridized carbons (Fsp3) is 0.467. The lowest BCUT2D eigenvalue weighted by Crippen LogP contribution is -2.26. The molecule has 1 aromatic rings. The molecule has 0 heterocycles. The summed E-state index contributed by atoms with van der Waals surface area (Å²) in [5, 5.41) is 0. The third-order valence-corrected chi connectivity index (χ3v) is 2.81. The van der Waals surface area contributed by atoms with E-state index in [1.807, 2.05) is 19.9 Å². The zero-order chi connectivity index (χ0) is 13.4. The molecule has 0 aliphatic carbocycles. The Morgan fingerprint density at radius 2 is 1.83 bits per heavy atom. The molecule has 0 fully saturated rings. The van der Waals surface area contributed by atoms with Crippen molar-refractivity contribution in [2.45, 2.75) is 33.1 Å². The summed E-state index contributed by atoms with van der Waals surface area (Å²) in [4.78, 5) is 24.0. The summed E-state index contributed by atoms with van der Waals surface area (Å²) in [6, 6.07) is 8.89. The van der Waals surface area contributed by atoms with Crippen LogP contribution in [0, 0.1) is 5.92 Å². The number of carbonyl (C=O) groups excluding carboxylic acids is 2. The van der Waals surface area contributed by atoms with Gasteiger partial charge in [0, 0.05) is 5.56 Å². The van der Waals surface area contributed by atoms with Crippen LogP contribution in [0.1, 0.15) is 43.5 Å². The van der Waals surface area contributed by atoms with Gasteiger partial charge in [-0.3, -0.25) is 9.59 Å². The summed E-state index contributed by atoms with van der Waals surface area (Å²) in [5.41, 5.74) is 0.566. The predicted octanol–water partition coefficient (Wildman–Crippen LogP) is 3.24. The maximum absolute atomic E-state index is 12.1. The van der Waals surface area contributed by atoms with Gasteiger partial charge in [0.25, 0.3) is 0 Å². The molecule has 0 saturated heterocycles. The van der Waals surface area contributed by atoms with Crippen molar-refractivity contribution < 1.29 is 14.3 Å². The van der Waals surface area contributed by atoms with Crippen LogP contribution in [0.2, 0.25) is 0 Å². The lowest BCUT2D eigenvalue weighted by molar-refractivity contribution is -0.146. The molecule has 18 heavy (non-hydrogen) atoms. The van der Waals surface area contributed by atoms with E-state index >= 15 is 0 Å². The first-order valence-corrected chi connectivity index (χ1v) is 6.46. The molecule has 0 aliphatic heterocycles. The maximum Gasteiger partial charge on any atom is 0.316 e. The molecule has 0 aliphatic rings. The van der Waals surface area contributed by atoms with Gasteiger partial charge >= 0.3 is 5.97 Å². The van der Waals surface area contributed by atoms with E-state index in [0.29, 0.717) is 18.6 Å². The second-order valence-electron chi connectivity index (χ2n) is 4.21. The number of hydrogen-bond donors (Lipinski definition) is 0. The van der Waals surface area contributed by atoms with Crippen LogP contribution >= 0.6 is 0 Å². The maximum atomic E-state index is 12.1. The summed E-state index contributed by atoms with van der Waals surface area (Å²) in [6.07, 6.45) is 2.27. The molecule has 0 spiro atoms. The minimum absolute atomic E-state index is 0.153. The number of unbranched alkanes of at least 4 members (excludes halogenated alkanes) is 1. The molecular weight excluding hydrogens is 228 g/mol. The van der Waals surface area contributed by atoms with Gasteiger partial charge in [0.15, 0.2) is 5.78 Å². The van der Waals surface area contributed by atoms with Gasteiger partial charge in [0.05, 0.1) is 6.61 Å². The van der Waals surface area contributed by atoms with E-state index in [4.69, 9.17) is 4.74 Å². The molecule has 0 radical (unpaired) electrons. The van der Waals surface area contributed by atoms with Crippen LogP contribution in [-0.4, -0.2) is 18.4 Å². The van der Waals surface area contributed by atoms with Gasteiger partial charge in [0.2, 0.25) is 0 Å². The average Bonchev–Trinajstić information content (AvgIpc) is 2.41. The first-order chi connectivity index (χ1) is 8.70. The summed E-state index contributed by atoms with van der Waals surface area (Å²) in [5.74, 6) is -1.23. The summed E-state index contributed by atoms with van der Waals surface area (Å²) >= 11 is 0. The lowest BCUT2D eigenvalue weighted by atomic mass is 9.95. The smallest absolute Gasteiger partial charge is 0.316 e. The fourth-order valence-corrected chi connectivity index (χ4v) is 1.68. The highest BCUT2D eigenvalue weighted by Gasteiger charge is 2.26. The number of rotatable bonds is 7. The van der Waals surface area contributed by atoms with Crippen molar-refractivity contribution in [2.24, 2.45) is 5.92 Å². The Hall–Kier alpha value is -1.64. The van der Waals surface area contributed by atoms with Gasteiger partial charge < -0.3 is 4.74 Å². The highest BCUT2D eigenvalue weighted by atomic mass is 16.5. The molecule has 1 rings (SSSR count). The van der Waals surface area contributed by atoms with Gasteiger partial charge in [-0.15, -0.1) is 0 Å². The van der Waals surface area contributed by atoms with Crippen molar-refractivity contribution in [3.63, 3.8) is 0 Å². The third-order valence-electron chi connectivity index (χ3n) is 2.81. The van der Waals surface area contributed by atoms with Gasteiger partial charge in [0.1, 0.15) is 5.92 Å². The molecule has 3 nitrogen and oxygen atoms in total. The van der Waals surface area contributed by atoms with Gasteiger partial charge in [-0.2, -0.15) is 0 Å². The van der Waals surface area contributed by atoms with Crippen molar-refractivity contribution in [1.82, 2.24) is 0 Å². The molecule has 0 N–H and O–H groups in total. The number of benzene rings is 1. The molecular formula is C15H20O3. The predicted molar refractivity (Wildman–Crippen MR) is 70.4 cm³/mol. The van der Waals surface area contributed by atoms with E-state index in [1.54, 1.807) is 24.3 Å². The Morgan fingerprint density at radius 3 is 2.39 bits per heavy atom. The normalized spacial score (nSPS) is 11.9. The molecule has 1 aromatic carbocycles. The summed E-state index contributed by atoms with van der Waals surface area (Å²) < 4.78 is 5.12. The molecule has 0 saturated carbocycles. The standard InChI is InChI=1S/C15H20O3/c1-3-5-11-18-15(17)13(4-2)14(16)12-9-7-6-8-10-12/h6-10,13H,3-5,11H2,1-2H3. The fourth-order valence-electron chi connectivity index (χ4n) is 1.68. The zero-order valence-corrected chi connectivity index (χ0v) is 11.0. The Morgan fingerprint density at radius 1 is 1.17 bits per heavy atom. The summed E-state index contributed by atoms with van der Waals surface area (Å²) in [6.45, 7) is 4.25. The Bertz CT molecular complexity index is 384. The number of hydrogen-bond acceptors (Lipinski definition) is 3. The monoisotopic (exact) mass is 248 g/mol. The first kappa shape index (κ1) is 14.4. The first-order valence-electron chi connectivity index (χ1n) is 6.46. The summed E-state index contributed by atoms with van der Waals surface area (Å²) in [7, 11) is 0. The average molecular weight is 248 g/mol. The molecule has 0 aromatic heterocycles. The number of esters is 1. The largest absolute Gasteiger partial charge is 0.465 e. The van der Waals surface area contributed by atoms with E-state index in [1.165, 1.54) is 0 Å². The molecule has 3 heteroatoms. The minimum Gasteiger partial charge on any atom is -0.465 e. The van der Waals surface area contributed by atoms with Crippen LogP contribution in [0.15, 0.2) is 30.3 Å². The van der Waals surface area contributed by atoms with Gasteiger partial charge in [-0.05, 0) is 12.8 Å². The Balaban J connectivity index is 2.65. The van der Waals surface area contributed by atoms with E-state index in [9.17, 15) is 9.59 Å². The molecule has 0 amide bonds. The third kappa shape index (κ3) is 3.99. The van der Waals surface area contributed by atoms with Crippen LogP contribution in [0.5, 0.6) is 0 Å². The second-order valence-corrected chi connectivity index (χ2v) is 4.21. The van der Waals surface area contributed by atoms with E-state index in [0.717, 1.165) is 12.8 Å². The molecule has 1 unspecified atom stereocenters. The Labute approximate surface area is 108 Å². The number of ether oxygens (including phenoxy) is 1. The van der Waals surface area contributed by atoms with Crippen molar-refractivity contribution >= 4 is 11.8 Å². The second kappa shape index (κ2) is 7.64. The number of carbonyl (C=O) groups is 2. The topological polar surface area (TPSA) is 43.4 Å². The zero-order valence-electron chi connectivity index (χ0n) is 11.0. The Kier molecular flexibility index (Phi) is 6.12. The highest BCUT2D eigenvalue weighted by Crippen LogP contribution is 2.14. The van der Waals surface area contributed by atoms with Crippen molar-refractivity contribution in [3.05, 3.63) is 35.9 Å². The molecule has 1 atom stereocenters. The van der Waals surface area contributed by atoms with Gasteiger partial charge in [-0.1, -0.05) is 50.6 Å². The van der Waals surface area contributed by atoms with Crippen LogP contribution in [0.3, 0.4) is 0 Å². The van der Waals surface area contributed by atoms with Crippen molar-refractivity contribution in [2.75, 3.05) is 6.61 Å². The van der Waals surface area contributed by atoms with Gasteiger partial charge in [-0.25, -0.2) is 0 Å². The quantitative estimate of drug-likeness (QED) is 0.322. The molecule has 98 valence electrons. The van der Waals surface area contributed by atoms with Crippen LogP contribution in [0.25, 0.3) is 0 Å². The van der Waals surface area contributed by atoms with Crippen LogP contribution < -0.4 is 0 Å².